The van der Waals surface area contributed by atoms with Crippen molar-refractivity contribution < 1.29 is 19.4 Å². The fraction of sp³-hybridized carbons (Fsp3) is 0.379. The molecule has 35 heavy (non-hydrogen) atoms. The van der Waals surface area contributed by atoms with E-state index in [0.717, 1.165) is 17.0 Å². The maximum atomic E-state index is 12.1. The number of carbonyl (C=O) groups excluding carboxylic acids is 1. The van der Waals surface area contributed by atoms with Crippen LogP contribution < -0.4 is 10.1 Å². The molecule has 1 atom stereocenters. The molecule has 1 unspecified atom stereocenters. The molecule has 3 aromatic rings. The molecule has 0 saturated heterocycles. The van der Waals surface area contributed by atoms with Gasteiger partial charge in [-0.1, -0.05) is 58.0 Å². The van der Waals surface area contributed by atoms with Gasteiger partial charge in [0.2, 0.25) is 0 Å². The second-order valence-electron chi connectivity index (χ2n) is 10.1. The number of benzene rings is 2. The minimum absolute atomic E-state index is 0.0811. The number of hydrogen-bond donors (Lipinski definition) is 2. The highest BCUT2D eigenvalue weighted by Gasteiger charge is 2.15. The van der Waals surface area contributed by atoms with E-state index in [2.05, 4.69) is 76.3 Å². The molecule has 0 aliphatic carbocycles. The van der Waals surface area contributed by atoms with Gasteiger partial charge in [-0.2, -0.15) is 0 Å². The number of nitrogens with one attached hydrogen (secondary N) is 1. The van der Waals surface area contributed by atoms with E-state index in [1.54, 1.807) is 6.07 Å². The Balaban J connectivity index is 1.53. The molecular formula is C29H35NO4S. The Kier molecular flexibility index (Phi) is 8.73. The summed E-state index contributed by atoms with van der Waals surface area (Å²) < 4.78 is 6.08. The molecule has 0 aliphatic rings. The molecule has 6 heteroatoms. The maximum Gasteiger partial charge on any atom is 0.305 e. The highest BCUT2D eigenvalue weighted by molar-refractivity contribution is 7.14. The second kappa shape index (κ2) is 11.5. The SMILES string of the molecule is Cc1cc(OCC(C)Cc2ccc(C(=O)NCCC(=O)O)s2)ccc1-c1ccc(C(C)(C)C)cc1. The Labute approximate surface area is 212 Å². The minimum Gasteiger partial charge on any atom is -0.493 e. The zero-order valence-corrected chi connectivity index (χ0v) is 22.0. The fourth-order valence-electron chi connectivity index (χ4n) is 3.82. The summed E-state index contributed by atoms with van der Waals surface area (Å²) in [4.78, 5) is 24.4. The molecule has 3 rings (SSSR count). The van der Waals surface area contributed by atoms with Gasteiger partial charge < -0.3 is 15.2 Å². The molecule has 1 aromatic heterocycles. The van der Waals surface area contributed by atoms with Crippen LogP contribution in [0.2, 0.25) is 0 Å². The Morgan fingerprint density at radius 3 is 2.40 bits per heavy atom. The first-order valence-corrected chi connectivity index (χ1v) is 12.8. The number of aryl methyl sites for hydroxylation is 1. The lowest BCUT2D eigenvalue weighted by Crippen LogP contribution is -2.25. The molecule has 186 valence electrons. The number of carboxylic acid groups (broad SMARTS) is 1. The first kappa shape index (κ1) is 26.5. The second-order valence-corrected chi connectivity index (χ2v) is 11.3. The van der Waals surface area contributed by atoms with E-state index in [-0.39, 0.29) is 30.2 Å². The fourth-order valence-corrected chi connectivity index (χ4v) is 4.91. The molecule has 0 fully saturated rings. The predicted octanol–water partition coefficient (Wildman–Crippen LogP) is 6.48. The van der Waals surface area contributed by atoms with Crippen molar-refractivity contribution in [3.63, 3.8) is 0 Å². The van der Waals surface area contributed by atoms with E-state index < -0.39 is 5.97 Å². The molecule has 2 aromatic carbocycles. The van der Waals surface area contributed by atoms with Crippen LogP contribution in [0.4, 0.5) is 0 Å². The molecule has 0 radical (unpaired) electrons. The molecule has 5 nitrogen and oxygen atoms in total. The topological polar surface area (TPSA) is 75.6 Å². The monoisotopic (exact) mass is 493 g/mol. The van der Waals surface area contributed by atoms with Gasteiger partial charge in [-0.15, -0.1) is 11.3 Å². The summed E-state index contributed by atoms with van der Waals surface area (Å²) in [5.41, 5.74) is 5.05. The van der Waals surface area contributed by atoms with Crippen LogP contribution in [0.3, 0.4) is 0 Å². The average Bonchev–Trinajstić information content (AvgIpc) is 3.25. The number of amides is 1. The molecule has 0 aliphatic heterocycles. The van der Waals surface area contributed by atoms with E-state index >= 15 is 0 Å². The summed E-state index contributed by atoms with van der Waals surface area (Å²) in [7, 11) is 0. The van der Waals surface area contributed by atoms with Crippen LogP contribution in [0.5, 0.6) is 5.75 Å². The van der Waals surface area contributed by atoms with Crippen molar-refractivity contribution in [2.75, 3.05) is 13.2 Å². The van der Waals surface area contributed by atoms with Gasteiger partial charge >= 0.3 is 5.97 Å². The van der Waals surface area contributed by atoms with E-state index in [4.69, 9.17) is 9.84 Å². The van der Waals surface area contributed by atoms with Crippen LogP contribution in [-0.2, 0) is 16.6 Å². The zero-order valence-electron chi connectivity index (χ0n) is 21.2. The van der Waals surface area contributed by atoms with Crippen molar-refractivity contribution in [1.29, 1.82) is 0 Å². The quantitative estimate of drug-likeness (QED) is 0.339. The Morgan fingerprint density at radius 1 is 1.06 bits per heavy atom. The van der Waals surface area contributed by atoms with Gasteiger partial charge in [0.05, 0.1) is 17.9 Å². The van der Waals surface area contributed by atoms with Crippen LogP contribution in [0.15, 0.2) is 54.6 Å². The van der Waals surface area contributed by atoms with Crippen LogP contribution in [0, 0.1) is 12.8 Å². The lowest BCUT2D eigenvalue weighted by Gasteiger charge is -2.19. The van der Waals surface area contributed by atoms with E-state index in [0.29, 0.717) is 11.5 Å². The van der Waals surface area contributed by atoms with Gasteiger partial charge in [0.1, 0.15) is 5.75 Å². The van der Waals surface area contributed by atoms with Crippen molar-refractivity contribution in [2.45, 2.75) is 52.9 Å². The number of ether oxygens (including phenoxy) is 1. The van der Waals surface area contributed by atoms with Gasteiger partial charge in [0.25, 0.3) is 5.91 Å². The predicted molar refractivity (Wildman–Crippen MR) is 143 cm³/mol. The average molecular weight is 494 g/mol. The first-order valence-electron chi connectivity index (χ1n) is 12.0. The molecule has 2 N–H and O–H groups in total. The van der Waals surface area contributed by atoms with Crippen LogP contribution in [0.25, 0.3) is 11.1 Å². The third kappa shape index (κ3) is 7.69. The van der Waals surface area contributed by atoms with Crippen molar-refractivity contribution in [2.24, 2.45) is 5.92 Å². The van der Waals surface area contributed by atoms with Crippen molar-refractivity contribution in [3.05, 3.63) is 75.5 Å². The van der Waals surface area contributed by atoms with Gasteiger partial charge in [-0.3, -0.25) is 9.59 Å². The molecule has 1 amide bonds. The summed E-state index contributed by atoms with van der Waals surface area (Å²) in [6.07, 6.45) is 0.729. The van der Waals surface area contributed by atoms with Crippen LogP contribution in [0.1, 0.15) is 59.8 Å². The van der Waals surface area contributed by atoms with Gasteiger partial charge in [-0.05, 0) is 71.2 Å². The third-order valence-corrected chi connectivity index (χ3v) is 6.96. The number of thiophene rings is 1. The smallest absolute Gasteiger partial charge is 0.305 e. The standard InChI is InChI=1S/C29H35NO4S/c1-19(16-24-11-13-26(35-24)28(33)30-15-14-27(31)32)18-34-23-10-12-25(20(2)17-23)21-6-8-22(9-7-21)29(3,4)5/h6-13,17,19H,14-16,18H2,1-5H3,(H,30,33)(H,31,32). The van der Waals surface area contributed by atoms with Gasteiger partial charge in [0, 0.05) is 11.4 Å². The Hall–Kier alpha value is -3.12. The lowest BCUT2D eigenvalue weighted by molar-refractivity contribution is -0.136. The molecule has 0 bridgehead atoms. The van der Waals surface area contributed by atoms with Crippen molar-refractivity contribution in [3.8, 4) is 16.9 Å². The minimum atomic E-state index is -0.925. The van der Waals surface area contributed by atoms with Crippen LogP contribution >= 0.6 is 11.3 Å². The van der Waals surface area contributed by atoms with Gasteiger partial charge in [0.15, 0.2) is 0 Å². The van der Waals surface area contributed by atoms with E-state index in [1.165, 1.54) is 33.6 Å². The van der Waals surface area contributed by atoms with Crippen molar-refractivity contribution in [1.82, 2.24) is 5.32 Å². The van der Waals surface area contributed by atoms with E-state index in [9.17, 15) is 9.59 Å². The lowest BCUT2D eigenvalue weighted by atomic mass is 9.86. The summed E-state index contributed by atoms with van der Waals surface area (Å²) >= 11 is 1.44. The highest BCUT2D eigenvalue weighted by Crippen LogP contribution is 2.30. The summed E-state index contributed by atoms with van der Waals surface area (Å²) in [5.74, 6) is -0.0174. The molecule has 0 saturated carbocycles. The summed E-state index contributed by atoms with van der Waals surface area (Å²) in [6, 6.07) is 18.8. The molecule has 0 spiro atoms. The summed E-state index contributed by atoms with van der Waals surface area (Å²) in [6.45, 7) is 11.6. The number of rotatable bonds is 10. The Bertz CT molecular complexity index is 1160. The molecular weight excluding hydrogens is 458 g/mol. The number of carboxylic acids is 1. The zero-order chi connectivity index (χ0) is 25.6. The molecule has 1 heterocycles. The first-order chi connectivity index (χ1) is 16.5. The van der Waals surface area contributed by atoms with Crippen molar-refractivity contribution >= 4 is 23.2 Å². The summed E-state index contributed by atoms with van der Waals surface area (Å²) in [5, 5.41) is 11.3. The van der Waals surface area contributed by atoms with E-state index in [1.807, 2.05) is 12.1 Å². The number of hydrogen-bond acceptors (Lipinski definition) is 4. The Morgan fingerprint density at radius 2 is 1.77 bits per heavy atom. The maximum absolute atomic E-state index is 12.1. The normalized spacial score (nSPS) is 12.3. The largest absolute Gasteiger partial charge is 0.493 e. The highest BCUT2D eigenvalue weighted by atomic mass is 32.1. The number of aliphatic carboxylic acids is 1. The third-order valence-electron chi connectivity index (χ3n) is 5.85. The number of carbonyl (C=O) groups is 2. The van der Waals surface area contributed by atoms with Gasteiger partial charge in [-0.25, -0.2) is 0 Å². The van der Waals surface area contributed by atoms with Crippen LogP contribution in [-0.4, -0.2) is 30.1 Å².